The molecule has 0 unspecified atom stereocenters. The summed E-state index contributed by atoms with van der Waals surface area (Å²) in [5.74, 6) is 0.949. The molecule has 0 aromatic heterocycles. The van der Waals surface area contributed by atoms with Gasteiger partial charge in [-0.05, 0) is 12.2 Å². The molecule has 0 aliphatic carbocycles. The van der Waals surface area contributed by atoms with Crippen LogP contribution >= 0.6 is 11.8 Å². The van der Waals surface area contributed by atoms with Gasteiger partial charge >= 0.3 is 6.03 Å². The molecule has 2 rings (SSSR count). The van der Waals surface area contributed by atoms with Crippen LogP contribution in [0.1, 0.15) is 6.42 Å². The maximum atomic E-state index is 12.1. The molecule has 2 aliphatic heterocycles. The lowest BCUT2D eigenvalue weighted by atomic mass is 9.99. The minimum atomic E-state index is -3.17. The van der Waals surface area contributed by atoms with E-state index in [1.165, 1.54) is 0 Å². The number of sulfone groups is 1. The van der Waals surface area contributed by atoms with E-state index in [0.717, 1.165) is 16.9 Å². The summed E-state index contributed by atoms with van der Waals surface area (Å²) in [5.41, 5.74) is -0.779. The summed E-state index contributed by atoms with van der Waals surface area (Å²) in [4.78, 5) is 24.8. The first-order valence-corrected chi connectivity index (χ1v) is 8.45. The Morgan fingerprint density at radius 1 is 1.47 bits per heavy atom. The Morgan fingerprint density at radius 3 is 2.71 bits per heavy atom. The van der Waals surface area contributed by atoms with E-state index in [4.69, 9.17) is 0 Å². The van der Waals surface area contributed by atoms with Crippen molar-refractivity contribution in [3.8, 4) is 0 Å². The van der Waals surface area contributed by atoms with Gasteiger partial charge in [-0.2, -0.15) is 11.8 Å². The Hall–Kier alpha value is -0.760. The van der Waals surface area contributed by atoms with E-state index >= 15 is 0 Å². The number of nitrogens with zero attached hydrogens (tertiary/aromatic N) is 1. The van der Waals surface area contributed by atoms with Crippen LogP contribution in [0, 0.1) is 0 Å². The van der Waals surface area contributed by atoms with Crippen LogP contribution in [-0.2, 0) is 14.6 Å². The van der Waals surface area contributed by atoms with Gasteiger partial charge in [-0.1, -0.05) is 0 Å². The van der Waals surface area contributed by atoms with E-state index in [9.17, 15) is 18.0 Å². The van der Waals surface area contributed by atoms with Gasteiger partial charge in [0, 0.05) is 18.6 Å². The highest BCUT2D eigenvalue weighted by Crippen LogP contribution is 2.33. The minimum absolute atomic E-state index is 0.0596. The largest absolute Gasteiger partial charge is 0.325 e. The fraction of sp³-hybridized carbons (Fsp3) is 0.778. The zero-order chi connectivity index (χ0) is 12.7. The third kappa shape index (κ3) is 2.42. The molecule has 3 amide bonds. The molecule has 0 saturated carbocycles. The average molecular weight is 278 g/mol. The van der Waals surface area contributed by atoms with Gasteiger partial charge < -0.3 is 5.32 Å². The van der Waals surface area contributed by atoms with Crippen molar-refractivity contribution in [2.75, 3.05) is 30.1 Å². The maximum absolute atomic E-state index is 12.1. The fourth-order valence-corrected chi connectivity index (χ4v) is 3.81. The molecule has 8 heteroatoms. The summed E-state index contributed by atoms with van der Waals surface area (Å²) in [5, 5.41) is 2.69. The first-order valence-electron chi connectivity index (χ1n) is 5.24. The van der Waals surface area contributed by atoms with Gasteiger partial charge in [0.1, 0.15) is 15.4 Å². The van der Waals surface area contributed by atoms with Crippen molar-refractivity contribution in [3.63, 3.8) is 0 Å². The zero-order valence-corrected chi connectivity index (χ0v) is 11.1. The number of carbonyl (C=O) groups excluding carboxylic acids is 2. The number of imide groups is 1. The number of urea groups is 1. The number of rotatable bonds is 3. The Balaban J connectivity index is 2.09. The summed E-state index contributed by atoms with van der Waals surface area (Å²) in [7, 11) is -3.17. The number of hydrogen-bond donors (Lipinski definition) is 1. The fourth-order valence-electron chi connectivity index (χ4n) is 1.97. The number of carbonyl (C=O) groups is 2. The molecule has 2 heterocycles. The van der Waals surface area contributed by atoms with E-state index in [2.05, 4.69) is 5.32 Å². The zero-order valence-electron chi connectivity index (χ0n) is 9.43. The van der Waals surface area contributed by atoms with E-state index in [-0.39, 0.29) is 18.2 Å². The van der Waals surface area contributed by atoms with Gasteiger partial charge in [0.15, 0.2) is 0 Å². The number of amides is 3. The predicted octanol–water partition coefficient (Wildman–Crippen LogP) is -0.541. The number of hydrogen-bond acceptors (Lipinski definition) is 5. The Kier molecular flexibility index (Phi) is 3.11. The van der Waals surface area contributed by atoms with Crippen LogP contribution in [0.3, 0.4) is 0 Å². The second kappa shape index (κ2) is 4.16. The first-order chi connectivity index (χ1) is 7.84. The maximum Gasteiger partial charge on any atom is 0.325 e. The van der Waals surface area contributed by atoms with Gasteiger partial charge in [0.05, 0.1) is 5.75 Å². The topological polar surface area (TPSA) is 83.6 Å². The van der Waals surface area contributed by atoms with Gasteiger partial charge in [-0.3, -0.25) is 9.69 Å². The number of thioether (sulfide) groups is 1. The second-order valence-corrected chi connectivity index (χ2v) is 7.77. The van der Waals surface area contributed by atoms with Crippen LogP contribution in [0.15, 0.2) is 0 Å². The first kappa shape index (κ1) is 12.7. The number of nitrogens with one attached hydrogen (secondary N) is 1. The SMILES string of the molecule is CS(=O)(=O)CCN1C(=O)N[C@]2(CCSC2)C1=O. The highest BCUT2D eigenvalue weighted by Gasteiger charge is 2.52. The standard InChI is InChI=1S/C9H14N2O4S2/c1-17(14,15)5-3-11-7(12)9(10-8(11)13)2-4-16-6-9/h2-6H2,1H3,(H,10,13)/t9-/m0/s1. The highest BCUT2D eigenvalue weighted by atomic mass is 32.2. The molecule has 0 radical (unpaired) electrons. The lowest BCUT2D eigenvalue weighted by Gasteiger charge is -2.18. The van der Waals surface area contributed by atoms with Crippen molar-refractivity contribution in [1.29, 1.82) is 0 Å². The normalized spacial score (nSPS) is 29.1. The van der Waals surface area contributed by atoms with Crippen LogP contribution in [0.25, 0.3) is 0 Å². The molecule has 1 atom stereocenters. The van der Waals surface area contributed by atoms with Crippen LogP contribution < -0.4 is 5.32 Å². The smallest absolute Gasteiger partial charge is 0.322 e. The second-order valence-electron chi connectivity index (χ2n) is 4.40. The molecule has 96 valence electrons. The van der Waals surface area contributed by atoms with Crippen LogP contribution in [0.4, 0.5) is 4.79 Å². The quantitative estimate of drug-likeness (QED) is 0.701. The average Bonchev–Trinajstić information content (AvgIpc) is 2.73. The van der Waals surface area contributed by atoms with Crippen LogP contribution in [-0.4, -0.2) is 60.9 Å². The van der Waals surface area contributed by atoms with Crippen molar-refractivity contribution in [3.05, 3.63) is 0 Å². The molecule has 17 heavy (non-hydrogen) atoms. The molecule has 2 fully saturated rings. The summed E-state index contributed by atoms with van der Waals surface area (Å²) in [6.07, 6.45) is 1.71. The molecular weight excluding hydrogens is 264 g/mol. The van der Waals surface area contributed by atoms with E-state index in [0.29, 0.717) is 12.2 Å². The summed E-state index contributed by atoms with van der Waals surface area (Å²) < 4.78 is 22.1. The van der Waals surface area contributed by atoms with Crippen LogP contribution in [0.2, 0.25) is 0 Å². The molecule has 6 nitrogen and oxygen atoms in total. The molecular formula is C9H14N2O4S2. The summed E-state index contributed by atoms with van der Waals surface area (Å²) >= 11 is 1.62. The molecule has 2 saturated heterocycles. The highest BCUT2D eigenvalue weighted by molar-refractivity contribution is 7.99. The lowest BCUT2D eigenvalue weighted by Crippen LogP contribution is -2.47. The van der Waals surface area contributed by atoms with Crippen LogP contribution in [0.5, 0.6) is 0 Å². The third-order valence-corrected chi connectivity index (χ3v) is 5.07. The van der Waals surface area contributed by atoms with Gasteiger partial charge in [0.2, 0.25) is 0 Å². The minimum Gasteiger partial charge on any atom is -0.322 e. The van der Waals surface area contributed by atoms with Crippen molar-refractivity contribution in [2.24, 2.45) is 0 Å². The van der Waals surface area contributed by atoms with Gasteiger partial charge in [-0.25, -0.2) is 13.2 Å². The van der Waals surface area contributed by atoms with E-state index in [1.54, 1.807) is 11.8 Å². The molecule has 0 bridgehead atoms. The summed E-state index contributed by atoms with van der Waals surface area (Å²) in [6, 6.07) is -0.471. The molecule has 1 N–H and O–H groups in total. The van der Waals surface area contributed by atoms with Crippen molar-refractivity contribution < 1.29 is 18.0 Å². The molecule has 0 aromatic rings. The Morgan fingerprint density at radius 2 is 2.18 bits per heavy atom. The van der Waals surface area contributed by atoms with Crippen molar-refractivity contribution in [1.82, 2.24) is 10.2 Å². The molecule has 2 aliphatic rings. The van der Waals surface area contributed by atoms with Gasteiger partial charge in [-0.15, -0.1) is 0 Å². The van der Waals surface area contributed by atoms with Gasteiger partial charge in [0.25, 0.3) is 5.91 Å². The third-order valence-electron chi connectivity index (χ3n) is 2.95. The molecule has 0 aromatic carbocycles. The summed E-state index contributed by atoms with van der Waals surface area (Å²) in [6.45, 7) is -0.0596. The lowest BCUT2D eigenvalue weighted by molar-refractivity contribution is -0.130. The predicted molar refractivity (Wildman–Crippen MR) is 64.6 cm³/mol. The Bertz CT molecular complexity index is 454. The molecule has 1 spiro atoms. The van der Waals surface area contributed by atoms with E-state index < -0.39 is 21.4 Å². The van der Waals surface area contributed by atoms with Crippen molar-refractivity contribution >= 4 is 33.5 Å². The van der Waals surface area contributed by atoms with E-state index in [1.807, 2.05) is 0 Å². The monoisotopic (exact) mass is 278 g/mol. The van der Waals surface area contributed by atoms with Crippen molar-refractivity contribution in [2.45, 2.75) is 12.0 Å². The Labute approximate surface area is 104 Å².